The van der Waals surface area contributed by atoms with Crippen LogP contribution >= 0.6 is 0 Å². The van der Waals surface area contributed by atoms with Crippen LogP contribution in [0.1, 0.15) is 56.2 Å². The molecule has 1 fully saturated rings. The molecule has 3 aromatic rings. The Balaban J connectivity index is 1.56. The lowest BCUT2D eigenvalue weighted by atomic mass is 9.75. The lowest BCUT2D eigenvalue weighted by Gasteiger charge is -2.39. The molecule has 30 heavy (non-hydrogen) atoms. The molecule has 156 valence electrons. The first-order valence-electron chi connectivity index (χ1n) is 10.3. The Bertz CT molecular complexity index is 1110. The van der Waals surface area contributed by atoms with Gasteiger partial charge in [0.1, 0.15) is 0 Å². The minimum atomic E-state index is -0.638. The predicted molar refractivity (Wildman–Crippen MR) is 119 cm³/mol. The second kappa shape index (κ2) is 7.95. The lowest BCUT2D eigenvalue weighted by Crippen LogP contribution is -2.39. The summed E-state index contributed by atoms with van der Waals surface area (Å²) in [4.78, 5) is 29.3. The Hall–Kier alpha value is -3.12. The van der Waals surface area contributed by atoms with Crippen LogP contribution in [0.4, 0.5) is 0 Å². The van der Waals surface area contributed by atoms with Gasteiger partial charge < -0.3 is 21.4 Å². The van der Waals surface area contributed by atoms with E-state index >= 15 is 0 Å². The molecule has 0 radical (unpaired) electrons. The zero-order valence-electron chi connectivity index (χ0n) is 17.4. The standard InChI is InChI=1S/C24H28N4O2/c1-28(2)17-11-16(12-17)20-13-27-21-9-7-14(10-19(20)21)6-8-15-4-3-5-18(23(25)29)22(15)24(26)30/h3-5,7,9-10,13,16-17,27H,6,8,11-12H2,1-2H3,(H2,25,29)(H2,26,30). The maximum atomic E-state index is 11.9. The topological polar surface area (TPSA) is 105 Å². The summed E-state index contributed by atoms with van der Waals surface area (Å²) in [7, 11) is 4.28. The second-order valence-electron chi connectivity index (χ2n) is 8.48. The number of nitrogens with zero attached hydrogens (tertiary/aromatic N) is 1. The average Bonchev–Trinajstić information content (AvgIpc) is 3.07. The van der Waals surface area contributed by atoms with Gasteiger partial charge in [0.25, 0.3) is 0 Å². The molecule has 0 aliphatic heterocycles. The summed E-state index contributed by atoms with van der Waals surface area (Å²) in [5, 5.41) is 1.27. The molecule has 1 aliphatic rings. The maximum absolute atomic E-state index is 11.9. The van der Waals surface area contributed by atoms with E-state index in [0.717, 1.165) is 17.5 Å². The minimum absolute atomic E-state index is 0.184. The third kappa shape index (κ3) is 3.71. The van der Waals surface area contributed by atoms with E-state index in [-0.39, 0.29) is 11.1 Å². The largest absolute Gasteiger partial charge is 0.366 e. The summed E-state index contributed by atoms with van der Waals surface area (Å²) in [5.41, 5.74) is 15.8. The van der Waals surface area contributed by atoms with E-state index in [9.17, 15) is 9.59 Å². The summed E-state index contributed by atoms with van der Waals surface area (Å²) in [6, 6.07) is 12.2. The van der Waals surface area contributed by atoms with Crippen LogP contribution in [0.25, 0.3) is 10.9 Å². The Morgan fingerprint density at radius 3 is 2.50 bits per heavy atom. The number of aromatic amines is 1. The van der Waals surface area contributed by atoms with Crippen LogP contribution in [0.5, 0.6) is 0 Å². The van der Waals surface area contributed by atoms with Gasteiger partial charge in [0, 0.05) is 23.1 Å². The zero-order chi connectivity index (χ0) is 21.4. The van der Waals surface area contributed by atoms with Gasteiger partial charge in [0.15, 0.2) is 0 Å². The molecule has 6 heteroatoms. The quantitative estimate of drug-likeness (QED) is 0.564. The van der Waals surface area contributed by atoms with Gasteiger partial charge in [-0.15, -0.1) is 0 Å². The second-order valence-corrected chi connectivity index (χ2v) is 8.48. The fourth-order valence-corrected chi connectivity index (χ4v) is 4.53. The SMILES string of the molecule is CN(C)C1CC(c2c[nH]c3ccc(CCc4cccc(C(N)=O)c4C(N)=O)cc23)C1. The van der Waals surface area contributed by atoms with Crippen molar-refractivity contribution in [3.05, 3.63) is 70.4 Å². The van der Waals surface area contributed by atoms with Crippen molar-refractivity contribution in [1.29, 1.82) is 0 Å². The number of primary amides is 2. The van der Waals surface area contributed by atoms with Gasteiger partial charge in [-0.3, -0.25) is 9.59 Å². The molecule has 0 unspecified atom stereocenters. The molecule has 5 N–H and O–H groups in total. The van der Waals surface area contributed by atoms with E-state index in [1.807, 2.05) is 6.07 Å². The van der Waals surface area contributed by atoms with Crippen LogP contribution < -0.4 is 11.5 Å². The molecule has 1 aromatic heterocycles. The van der Waals surface area contributed by atoms with Crippen LogP contribution in [-0.2, 0) is 12.8 Å². The predicted octanol–water partition coefficient (Wildman–Crippen LogP) is 2.96. The van der Waals surface area contributed by atoms with Gasteiger partial charge in [0.2, 0.25) is 11.8 Å². The van der Waals surface area contributed by atoms with E-state index in [4.69, 9.17) is 11.5 Å². The Morgan fingerprint density at radius 1 is 1.07 bits per heavy atom. The van der Waals surface area contributed by atoms with Crippen molar-refractivity contribution in [2.45, 2.75) is 37.6 Å². The first-order valence-corrected chi connectivity index (χ1v) is 10.3. The number of fused-ring (bicyclic) bond motifs is 1. The molecule has 0 spiro atoms. The molecular weight excluding hydrogens is 376 g/mol. The number of rotatable bonds is 7. The maximum Gasteiger partial charge on any atom is 0.249 e. The first kappa shape index (κ1) is 20.2. The number of carbonyl (C=O) groups is 2. The highest BCUT2D eigenvalue weighted by molar-refractivity contribution is 6.07. The summed E-state index contributed by atoms with van der Waals surface area (Å²) in [5.74, 6) is -0.668. The van der Waals surface area contributed by atoms with Gasteiger partial charge in [-0.05, 0) is 80.6 Å². The molecule has 0 saturated heterocycles. The van der Waals surface area contributed by atoms with Crippen LogP contribution in [0.15, 0.2) is 42.6 Å². The first-order chi connectivity index (χ1) is 14.3. The fraction of sp³-hybridized carbons (Fsp3) is 0.333. The third-order valence-corrected chi connectivity index (χ3v) is 6.41. The Labute approximate surface area is 176 Å². The molecular formula is C24H28N4O2. The van der Waals surface area contributed by atoms with Crippen LogP contribution in [0.3, 0.4) is 0 Å². The van der Waals surface area contributed by atoms with Crippen LogP contribution in [0, 0.1) is 0 Å². The number of carbonyl (C=O) groups excluding carboxylic acids is 2. The minimum Gasteiger partial charge on any atom is -0.366 e. The van der Waals surface area contributed by atoms with Gasteiger partial charge in [0.05, 0.1) is 11.1 Å². The molecule has 1 aliphatic carbocycles. The van der Waals surface area contributed by atoms with Crippen molar-refractivity contribution < 1.29 is 9.59 Å². The molecule has 1 saturated carbocycles. The average molecular weight is 405 g/mol. The van der Waals surface area contributed by atoms with Crippen molar-refractivity contribution >= 4 is 22.7 Å². The summed E-state index contributed by atoms with van der Waals surface area (Å²) >= 11 is 0. The highest BCUT2D eigenvalue weighted by Gasteiger charge is 2.33. The van der Waals surface area contributed by atoms with Crippen molar-refractivity contribution in [2.75, 3.05) is 14.1 Å². The molecule has 0 atom stereocenters. The summed E-state index contributed by atoms with van der Waals surface area (Å²) < 4.78 is 0. The van der Waals surface area contributed by atoms with Crippen molar-refractivity contribution in [1.82, 2.24) is 9.88 Å². The monoisotopic (exact) mass is 404 g/mol. The summed E-state index contributed by atoms with van der Waals surface area (Å²) in [6.45, 7) is 0. The highest BCUT2D eigenvalue weighted by atomic mass is 16.2. The Morgan fingerprint density at radius 2 is 1.83 bits per heavy atom. The number of nitrogens with one attached hydrogen (secondary N) is 1. The van der Waals surface area contributed by atoms with Crippen molar-refractivity contribution in [3.8, 4) is 0 Å². The van der Waals surface area contributed by atoms with Gasteiger partial charge in [-0.1, -0.05) is 18.2 Å². The molecule has 6 nitrogen and oxygen atoms in total. The smallest absolute Gasteiger partial charge is 0.249 e. The number of aryl methyl sites for hydroxylation is 2. The molecule has 2 amide bonds. The molecule has 4 rings (SSSR count). The van der Waals surface area contributed by atoms with E-state index in [0.29, 0.717) is 18.4 Å². The van der Waals surface area contributed by atoms with Crippen molar-refractivity contribution in [2.24, 2.45) is 11.5 Å². The number of aromatic nitrogens is 1. The number of hydrogen-bond acceptors (Lipinski definition) is 3. The van der Waals surface area contributed by atoms with E-state index < -0.39 is 11.8 Å². The number of amides is 2. The number of benzene rings is 2. The number of hydrogen-bond donors (Lipinski definition) is 3. The van der Waals surface area contributed by atoms with E-state index in [1.54, 1.807) is 12.1 Å². The summed E-state index contributed by atoms with van der Waals surface area (Å²) in [6.07, 6.45) is 5.87. The van der Waals surface area contributed by atoms with E-state index in [1.165, 1.54) is 29.4 Å². The van der Waals surface area contributed by atoms with Crippen LogP contribution in [0.2, 0.25) is 0 Å². The molecule has 1 heterocycles. The van der Waals surface area contributed by atoms with Crippen LogP contribution in [-0.4, -0.2) is 41.8 Å². The zero-order valence-corrected chi connectivity index (χ0v) is 17.4. The van der Waals surface area contributed by atoms with Gasteiger partial charge in [-0.2, -0.15) is 0 Å². The molecule has 0 bridgehead atoms. The van der Waals surface area contributed by atoms with Gasteiger partial charge in [-0.25, -0.2) is 0 Å². The lowest BCUT2D eigenvalue weighted by molar-refractivity contribution is 0.0966. The third-order valence-electron chi connectivity index (χ3n) is 6.41. The number of nitrogens with two attached hydrogens (primary N) is 2. The number of H-pyrrole nitrogens is 1. The van der Waals surface area contributed by atoms with E-state index in [2.05, 4.69) is 48.4 Å². The molecule has 2 aromatic carbocycles. The highest BCUT2D eigenvalue weighted by Crippen LogP contribution is 2.42. The normalized spacial score (nSPS) is 18.5. The Kier molecular flexibility index (Phi) is 5.35. The van der Waals surface area contributed by atoms with Crippen molar-refractivity contribution in [3.63, 3.8) is 0 Å². The fourth-order valence-electron chi connectivity index (χ4n) is 4.53. The van der Waals surface area contributed by atoms with Gasteiger partial charge >= 0.3 is 0 Å².